The molecule has 0 saturated heterocycles. The largest absolute Gasteiger partial charge is 0.308 e. The number of carbonyl (C=O) groups excluding carboxylic acids is 2. The van der Waals surface area contributed by atoms with Crippen molar-refractivity contribution in [2.45, 2.75) is 54.0 Å². The van der Waals surface area contributed by atoms with Crippen LogP contribution in [0.25, 0.3) is 0 Å². The van der Waals surface area contributed by atoms with Crippen molar-refractivity contribution in [3.05, 3.63) is 0 Å². The molecule has 0 aliphatic rings. The van der Waals surface area contributed by atoms with Crippen molar-refractivity contribution in [3.63, 3.8) is 0 Å². The molecule has 0 aliphatic carbocycles. The molecule has 94 valence electrons. The minimum absolute atomic E-state index is 0.0131. The molecule has 0 fully saturated rings. The summed E-state index contributed by atoms with van der Waals surface area (Å²) in [5.41, 5.74) is -0.538. The maximum absolute atomic E-state index is 11.9. The van der Waals surface area contributed by atoms with E-state index in [1.165, 1.54) is 0 Å². The molecule has 0 spiro atoms. The number of carbonyl (C=O) groups is 2. The molecule has 1 N–H and O–H groups in total. The Labute approximate surface area is 99.0 Å². The zero-order chi connectivity index (χ0) is 12.9. The van der Waals surface area contributed by atoms with Crippen molar-refractivity contribution < 1.29 is 9.59 Å². The maximum atomic E-state index is 11.9. The van der Waals surface area contributed by atoms with E-state index in [0.29, 0.717) is 19.0 Å². The molecular formula is C13H25NO2. The van der Waals surface area contributed by atoms with Crippen LogP contribution in [0.4, 0.5) is 0 Å². The predicted octanol–water partition coefficient (Wildman–Crippen LogP) is 2.19. The summed E-state index contributed by atoms with van der Waals surface area (Å²) in [6.45, 7) is 11.8. The molecule has 0 bridgehead atoms. The SMILES string of the molecule is CC(C)NCC(=O)CC(C)(C)C(=O)C(C)C. The van der Waals surface area contributed by atoms with E-state index in [0.717, 1.165) is 0 Å². The van der Waals surface area contributed by atoms with Crippen LogP contribution in [-0.2, 0) is 9.59 Å². The third-order valence-electron chi connectivity index (χ3n) is 2.54. The number of rotatable bonds is 7. The quantitative estimate of drug-likeness (QED) is 0.725. The highest BCUT2D eigenvalue weighted by molar-refractivity contribution is 5.92. The van der Waals surface area contributed by atoms with Gasteiger partial charge in [-0.2, -0.15) is 0 Å². The number of ketones is 2. The van der Waals surface area contributed by atoms with Crippen LogP contribution in [0.3, 0.4) is 0 Å². The third kappa shape index (κ3) is 5.40. The van der Waals surface area contributed by atoms with Gasteiger partial charge in [0, 0.05) is 23.8 Å². The third-order valence-corrected chi connectivity index (χ3v) is 2.54. The van der Waals surface area contributed by atoms with Crippen LogP contribution >= 0.6 is 0 Å². The van der Waals surface area contributed by atoms with Crippen molar-refractivity contribution in [3.8, 4) is 0 Å². The molecule has 0 aliphatic heterocycles. The van der Waals surface area contributed by atoms with Crippen molar-refractivity contribution in [2.24, 2.45) is 11.3 Å². The number of hydrogen-bond donors (Lipinski definition) is 1. The van der Waals surface area contributed by atoms with Crippen molar-refractivity contribution in [2.75, 3.05) is 6.54 Å². The van der Waals surface area contributed by atoms with Gasteiger partial charge < -0.3 is 5.32 Å². The van der Waals surface area contributed by atoms with E-state index in [1.54, 1.807) is 0 Å². The lowest BCUT2D eigenvalue weighted by atomic mass is 9.78. The zero-order valence-electron chi connectivity index (χ0n) is 11.4. The van der Waals surface area contributed by atoms with Gasteiger partial charge in [0.15, 0.2) is 0 Å². The fourth-order valence-electron chi connectivity index (χ4n) is 1.74. The topological polar surface area (TPSA) is 46.2 Å². The highest BCUT2D eigenvalue weighted by Gasteiger charge is 2.31. The van der Waals surface area contributed by atoms with Gasteiger partial charge >= 0.3 is 0 Å². The summed E-state index contributed by atoms with van der Waals surface area (Å²) in [4.78, 5) is 23.5. The summed E-state index contributed by atoms with van der Waals surface area (Å²) < 4.78 is 0. The molecule has 0 aromatic heterocycles. The van der Waals surface area contributed by atoms with Crippen LogP contribution in [0.15, 0.2) is 0 Å². The van der Waals surface area contributed by atoms with E-state index in [-0.39, 0.29) is 17.5 Å². The average Bonchev–Trinajstić information content (AvgIpc) is 2.12. The Bertz CT molecular complexity index is 255. The Morgan fingerprint density at radius 3 is 2.00 bits per heavy atom. The molecule has 0 aromatic rings. The minimum atomic E-state index is -0.538. The molecule has 0 rings (SSSR count). The fraction of sp³-hybridized carbons (Fsp3) is 0.846. The normalized spacial score (nSPS) is 12.2. The van der Waals surface area contributed by atoms with E-state index >= 15 is 0 Å². The Kier molecular flexibility index (Phi) is 5.87. The summed E-state index contributed by atoms with van der Waals surface area (Å²) in [5.74, 6) is 0.249. The van der Waals surface area contributed by atoms with Crippen LogP contribution in [-0.4, -0.2) is 24.2 Å². The van der Waals surface area contributed by atoms with Gasteiger partial charge in [0.1, 0.15) is 11.6 Å². The van der Waals surface area contributed by atoms with E-state index in [2.05, 4.69) is 5.32 Å². The number of Topliss-reactive ketones (excluding diaryl/α,β-unsaturated/α-hetero) is 2. The summed E-state index contributed by atoms with van der Waals surface area (Å²) in [6.07, 6.45) is 0.323. The van der Waals surface area contributed by atoms with Crippen molar-refractivity contribution >= 4 is 11.6 Å². The molecular weight excluding hydrogens is 202 g/mol. The second kappa shape index (κ2) is 6.14. The van der Waals surface area contributed by atoms with Crippen LogP contribution in [0.5, 0.6) is 0 Å². The molecule has 0 saturated carbocycles. The monoisotopic (exact) mass is 227 g/mol. The van der Waals surface area contributed by atoms with Gasteiger partial charge in [0.25, 0.3) is 0 Å². The van der Waals surface area contributed by atoms with Crippen molar-refractivity contribution in [1.29, 1.82) is 0 Å². The Hall–Kier alpha value is -0.700. The lowest BCUT2D eigenvalue weighted by Crippen LogP contribution is -2.35. The predicted molar refractivity (Wildman–Crippen MR) is 66.4 cm³/mol. The van der Waals surface area contributed by atoms with Gasteiger partial charge in [-0.1, -0.05) is 41.5 Å². The van der Waals surface area contributed by atoms with Gasteiger partial charge in [0.05, 0.1) is 6.54 Å². The van der Waals surface area contributed by atoms with Crippen molar-refractivity contribution in [1.82, 2.24) is 5.32 Å². The van der Waals surface area contributed by atoms with E-state index in [1.807, 2.05) is 41.5 Å². The van der Waals surface area contributed by atoms with Crippen LogP contribution in [0, 0.1) is 11.3 Å². The maximum Gasteiger partial charge on any atom is 0.147 e. The first kappa shape index (κ1) is 15.3. The molecule has 0 heterocycles. The number of hydrogen-bond acceptors (Lipinski definition) is 3. The van der Waals surface area contributed by atoms with Crippen LogP contribution < -0.4 is 5.32 Å². The number of nitrogens with one attached hydrogen (secondary N) is 1. The standard InChI is InChI=1S/C13H25NO2/c1-9(2)12(16)13(5,6)7-11(15)8-14-10(3)4/h9-10,14H,7-8H2,1-6H3. The van der Waals surface area contributed by atoms with E-state index < -0.39 is 5.41 Å². The fourth-order valence-corrected chi connectivity index (χ4v) is 1.74. The van der Waals surface area contributed by atoms with Gasteiger partial charge in [-0.3, -0.25) is 9.59 Å². The first-order valence-corrected chi connectivity index (χ1v) is 5.96. The Morgan fingerprint density at radius 2 is 1.62 bits per heavy atom. The summed E-state index contributed by atoms with van der Waals surface area (Å²) in [6, 6.07) is 0.299. The van der Waals surface area contributed by atoms with Crippen LogP contribution in [0.1, 0.15) is 48.0 Å². The average molecular weight is 227 g/mol. The molecule has 0 atom stereocenters. The highest BCUT2D eigenvalue weighted by Crippen LogP contribution is 2.25. The van der Waals surface area contributed by atoms with Crippen LogP contribution in [0.2, 0.25) is 0 Å². The highest BCUT2D eigenvalue weighted by atomic mass is 16.1. The van der Waals surface area contributed by atoms with Gasteiger partial charge in [-0.05, 0) is 0 Å². The second-order valence-corrected chi connectivity index (χ2v) is 5.65. The summed E-state index contributed by atoms with van der Waals surface area (Å²) in [5, 5.41) is 3.08. The van der Waals surface area contributed by atoms with Gasteiger partial charge in [0.2, 0.25) is 0 Å². The van der Waals surface area contributed by atoms with Gasteiger partial charge in [-0.15, -0.1) is 0 Å². The lowest BCUT2D eigenvalue weighted by Gasteiger charge is -2.24. The molecule has 0 aromatic carbocycles. The molecule has 3 heteroatoms. The molecule has 0 radical (unpaired) electrons. The Morgan fingerprint density at radius 1 is 1.12 bits per heavy atom. The molecule has 16 heavy (non-hydrogen) atoms. The Balaban J connectivity index is 4.25. The van der Waals surface area contributed by atoms with E-state index in [4.69, 9.17) is 0 Å². The minimum Gasteiger partial charge on any atom is -0.308 e. The summed E-state index contributed by atoms with van der Waals surface area (Å²) >= 11 is 0. The summed E-state index contributed by atoms with van der Waals surface area (Å²) in [7, 11) is 0. The molecule has 0 unspecified atom stereocenters. The van der Waals surface area contributed by atoms with Gasteiger partial charge in [-0.25, -0.2) is 0 Å². The second-order valence-electron chi connectivity index (χ2n) is 5.65. The first-order valence-electron chi connectivity index (χ1n) is 5.96. The smallest absolute Gasteiger partial charge is 0.147 e. The lowest BCUT2D eigenvalue weighted by molar-refractivity contribution is -0.134. The zero-order valence-corrected chi connectivity index (χ0v) is 11.4. The first-order chi connectivity index (χ1) is 7.16. The molecule has 3 nitrogen and oxygen atoms in total. The van der Waals surface area contributed by atoms with E-state index in [9.17, 15) is 9.59 Å². The molecule has 0 amide bonds.